The van der Waals surface area contributed by atoms with Gasteiger partial charge in [0.1, 0.15) is 0 Å². The summed E-state index contributed by atoms with van der Waals surface area (Å²) in [6.07, 6.45) is 2.88. The van der Waals surface area contributed by atoms with Gasteiger partial charge in [0.2, 0.25) is 0 Å². The number of carbonyl (C=O) groups is 4. The number of cyclic esters (lactones) is 4. The van der Waals surface area contributed by atoms with E-state index in [0.29, 0.717) is 38.5 Å². The Morgan fingerprint density at radius 2 is 0.812 bits per heavy atom. The van der Waals surface area contributed by atoms with Crippen LogP contribution in [0.1, 0.15) is 38.5 Å². The fraction of sp³-hybridized carbons (Fsp3) is 0.600. The highest BCUT2D eigenvalue weighted by Gasteiger charge is 2.16. The van der Waals surface area contributed by atoms with E-state index in [-0.39, 0.29) is 23.9 Å². The van der Waals surface area contributed by atoms with E-state index in [4.69, 9.17) is 0 Å². The molecule has 0 saturated carbocycles. The predicted octanol–water partition coefficient (Wildman–Crippen LogP) is 0.480. The van der Waals surface area contributed by atoms with Gasteiger partial charge in [-0.3, -0.25) is 19.2 Å². The average Bonchev–Trinajstić information content (AvgIpc) is 2.17. The first kappa shape index (κ1) is 12.4. The molecule has 0 spiro atoms. The van der Waals surface area contributed by atoms with Crippen LogP contribution in [0, 0.1) is 0 Å². The molecule has 0 atom stereocenters. The summed E-state index contributed by atoms with van der Waals surface area (Å²) in [7, 11) is 0. The Labute approximate surface area is 91.9 Å². The molecule has 6 nitrogen and oxygen atoms in total. The van der Waals surface area contributed by atoms with Crippen LogP contribution >= 0.6 is 0 Å². The Kier molecular flexibility index (Phi) is 4.63. The Morgan fingerprint density at radius 3 is 0.938 bits per heavy atom. The smallest absolute Gasteiger partial charge is 0.313 e. The van der Waals surface area contributed by atoms with Crippen LogP contribution in [-0.2, 0) is 28.7 Å². The average molecular weight is 228 g/mol. The van der Waals surface area contributed by atoms with E-state index in [2.05, 4.69) is 9.47 Å². The van der Waals surface area contributed by atoms with E-state index in [1.807, 2.05) is 0 Å². The molecule has 0 aromatic carbocycles. The molecule has 0 radical (unpaired) electrons. The third kappa shape index (κ3) is 4.68. The van der Waals surface area contributed by atoms with E-state index >= 15 is 0 Å². The number of esters is 4. The molecule has 0 aliphatic carbocycles. The van der Waals surface area contributed by atoms with Crippen molar-refractivity contribution in [2.24, 2.45) is 0 Å². The maximum Gasteiger partial charge on any atom is 0.313 e. The van der Waals surface area contributed by atoms with Crippen LogP contribution in [-0.4, -0.2) is 23.9 Å². The van der Waals surface area contributed by atoms with Crippen molar-refractivity contribution in [3.63, 3.8) is 0 Å². The normalized spacial score (nSPS) is 20.5. The summed E-state index contributed by atoms with van der Waals surface area (Å²) in [6.45, 7) is 0. The molecule has 2 fully saturated rings. The van der Waals surface area contributed by atoms with Gasteiger partial charge < -0.3 is 9.47 Å². The van der Waals surface area contributed by atoms with Gasteiger partial charge in [-0.05, 0) is 12.8 Å². The third-order valence-electron chi connectivity index (χ3n) is 1.98. The lowest BCUT2D eigenvalue weighted by molar-refractivity contribution is -0.164. The largest absolute Gasteiger partial charge is 0.393 e. The molecule has 16 heavy (non-hydrogen) atoms. The van der Waals surface area contributed by atoms with Crippen molar-refractivity contribution < 1.29 is 28.7 Å². The van der Waals surface area contributed by atoms with Gasteiger partial charge in [0.05, 0.1) is 0 Å². The van der Waals surface area contributed by atoms with E-state index in [1.165, 1.54) is 0 Å². The quantitative estimate of drug-likeness (QED) is 0.442. The monoisotopic (exact) mass is 228 g/mol. The van der Waals surface area contributed by atoms with Crippen molar-refractivity contribution in [1.29, 1.82) is 0 Å². The molecule has 0 N–H and O–H groups in total. The van der Waals surface area contributed by atoms with Crippen molar-refractivity contribution in [1.82, 2.24) is 0 Å². The van der Waals surface area contributed by atoms with E-state index in [9.17, 15) is 19.2 Å². The lowest BCUT2D eigenvalue weighted by Gasteiger charge is -2.06. The van der Waals surface area contributed by atoms with Gasteiger partial charge in [-0.1, -0.05) is 0 Å². The lowest BCUT2D eigenvalue weighted by atomic mass is 10.2. The van der Waals surface area contributed by atoms with Crippen LogP contribution in [0.15, 0.2) is 0 Å². The zero-order valence-electron chi connectivity index (χ0n) is 8.69. The predicted molar refractivity (Wildman–Crippen MR) is 49.9 cm³/mol. The second-order valence-corrected chi connectivity index (χ2v) is 3.40. The summed E-state index contributed by atoms with van der Waals surface area (Å²) in [6, 6.07) is 0. The van der Waals surface area contributed by atoms with Crippen molar-refractivity contribution in [3.8, 4) is 0 Å². The first-order valence-electron chi connectivity index (χ1n) is 5.05. The molecule has 2 aliphatic rings. The lowest BCUT2D eigenvalue weighted by Crippen LogP contribution is -2.17. The zero-order chi connectivity index (χ0) is 12.0. The molecule has 88 valence electrons. The van der Waals surface area contributed by atoms with Crippen molar-refractivity contribution in [2.45, 2.75) is 38.5 Å². The number of carbonyl (C=O) groups excluding carboxylic acids is 4. The van der Waals surface area contributed by atoms with E-state index in [0.717, 1.165) is 0 Å². The summed E-state index contributed by atoms with van der Waals surface area (Å²) >= 11 is 0. The summed E-state index contributed by atoms with van der Waals surface area (Å²) in [5.41, 5.74) is 0. The highest BCUT2D eigenvalue weighted by atomic mass is 16.6. The molecular weight excluding hydrogens is 216 g/mol. The van der Waals surface area contributed by atoms with Gasteiger partial charge in [-0.2, -0.15) is 0 Å². The summed E-state index contributed by atoms with van der Waals surface area (Å²) in [5.74, 6) is -1.55. The number of hydrogen-bond donors (Lipinski definition) is 0. The number of hydrogen-bond acceptors (Lipinski definition) is 6. The van der Waals surface area contributed by atoms with Crippen LogP contribution in [0.2, 0.25) is 0 Å². The number of rotatable bonds is 0. The van der Waals surface area contributed by atoms with Crippen molar-refractivity contribution >= 4 is 23.9 Å². The maximum atomic E-state index is 10.2. The summed E-state index contributed by atoms with van der Waals surface area (Å²) in [5, 5.41) is 0. The standard InChI is InChI=1S/2C5H6O3/c2*6-4-2-1-3-5(7)8-4/h2*1-3H2. The molecule has 0 aromatic heterocycles. The first-order chi connectivity index (χ1) is 7.58. The zero-order valence-corrected chi connectivity index (χ0v) is 8.69. The van der Waals surface area contributed by atoms with Gasteiger partial charge in [-0.15, -0.1) is 0 Å². The molecule has 0 aromatic rings. The van der Waals surface area contributed by atoms with Crippen LogP contribution in [0.3, 0.4) is 0 Å². The first-order valence-corrected chi connectivity index (χ1v) is 5.05. The van der Waals surface area contributed by atoms with Crippen molar-refractivity contribution in [3.05, 3.63) is 0 Å². The molecule has 2 heterocycles. The second kappa shape index (κ2) is 5.99. The minimum absolute atomic E-state index is 0.388. The van der Waals surface area contributed by atoms with E-state index in [1.54, 1.807) is 0 Å². The Hall–Kier alpha value is -1.72. The Morgan fingerprint density at radius 1 is 0.562 bits per heavy atom. The molecule has 0 unspecified atom stereocenters. The SMILES string of the molecule is O=C1CCCC(=O)O1.O=C1CCCC(=O)O1. The van der Waals surface area contributed by atoms with Crippen LogP contribution in [0.25, 0.3) is 0 Å². The molecule has 2 saturated heterocycles. The molecule has 0 amide bonds. The fourth-order valence-electron chi connectivity index (χ4n) is 1.21. The van der Waals surface area contributed by atoms with Crippen LogP contribution in [0.4, 0.5) is 0 Å². The maximum absolute atomic E-state index is 10.2. The fourth-order valence-corrected chi connectivity index (χ4v) is 1.21. The third-order valence-corrected chi connectivity index (χ3v) is 1.98. The molecule has 2 rings (SSSR count). The van der Waals surface area contributed by atoms with Gasteiger partial charge >= 0.3 is 23.9 Å². The summed E-state index contributed by atoms with van der Waals surface area (Å²) in [4.78, 5) is 40.9. The highest BCUT2D eigenvalue weighted by molar-refractivity contribution is 5.88. The van der Waals surface area contributed by atoms with E-state index < -0.39 is 0 Å². The van der Waals surface area contributed by atoms with Crippen LogP contribution < -0.4 is 0 Å². The summed E-state index contributed by atoms with van der Waals surface area (Å²) < 4.78 is 8.42. The van der Waals surface area contributed by atoms with Gasteiger partial charge in [0.25, 0.3) is 0 Å². The molecule has 0 bridgehead atoms. The topological polar surface area (TPSA) is 86.7 Å². The minimum atomic E-state index is -0.388. The highest BCUT2D eigenvalue weighted by Crippen LogP contribution is 2.06. The molecule has 6 heteroatoms. The van der Waals surface area contributed by atoms with Gasteiger partial charge in [0, 0.05) is 25.7 Å². The van der Waals surface area contributed by atoms with Crippen LogP contribution in [0.5, 0.6) is 0 Å². The minimum Gasteiger partial charge on any atom is -0.393 e. The Balaban J connectivity index is 0.000000160. The van der Waals surface area contributed by atoms with Crippen molar-refractivity contribution in [2.75, 3.05) is 0 Å². The molecular formula is C10H12O6. The second-order valence-electron chi connectivity index (χ2n) is 3.40. The van der Waals surface area contributed by atoms with Gasteiger partial charge in [-0.25, -0.2) is 0 Å². The van der Waals surface area contributed by atoms with Gasteiger partial charge in [0.15, 0.2) is 0 Å². The number of ether oxygens (including phenoxy) is 2. The molecule has 2 aliphatic heterocycles. The Bertz CT molecular complexity index is 259.